The normalized spacial score (nSPS) is 11.1. The number of aromatic amines is 1. The van der Waals surface area contributed by atoms with E-state index in [-0.39, 0.29) is 28.7 Å². The number of aromatic nitrogens is 4. The van der Waals surface area contributed by atoms with Crippen LogP contribution in [0, 0.1) is 16.7 Å². The van der Waals surface area contributed by atoms with Crippen LogP contribution in [-0.2, 0) is 4.79 Å². The molecule has 0 unspecified atom stereocenters. The molecule has 0 aromatic carbocycles. The lowest BCUT2D eigenvalue weighted by Crippen LogP contribution is -2.29. The number of nitrogens with zero attached hydrogens (tertiary/aromatic N) is 4. The number of nitrogens with one attached hydrogen (secondary N) is 2. The van der Waals surface area contributed by atoms with Gasteiger partial charge in [-0.2, -0.15) is 10.2 Å². The minimum Gasteiger partial charge on any atom is -0.296 e. The number of anilines is 1. The van der Waals surface area contributed by atoms with Crippen LogP contribution in [0.4, 0.5) is 5.95 Å². The van der Waals surface area contributed by atoms with Crippen LogP contribution >= 0.6 is 0 Å². The highest BCUT2D eigenvalue weighted by atomic mass is 16.2. The number of hydrogen-bond donors (Lipinski definition) is 2. The van der Waals surface area contributed by atoms with Gasteiger partial charge in [-0.15, -0.1) is 0 Å². The van der Waals surface area contributed by atoms with Crippen molar-refractivity contribution in [1.29, 1.82) is 5.26 Å². The van der Waals surface area contributed by atoms with Crippen molar-refractivity contribution in [3.05, 3.63) is 22.2 Å². The molecule has 2 aromatic rings. The lowest BCUT2D eigenvalue weighted by molar-refractivity contribution is -0.123. The summed E-state index contributed by atoms with van der Waals surface area (Å²) in [5.41, 5.74) is -1.14. The molecule has 0 spiro atoms. The molecule has 2 N–H and O–H groups in total. The van der Waals surface area contributed by atoms with Crippen LogP contribution in [0.5, 0.6) is 0 Å². The fourth-order valence-corrected chi connectivity index (χ4v) is 1.33. The molecule has 1 amide bonds. The minimum absolute atomic E-state index is 0.00133. The highest BCUT2D eigenvalue weighted by Crippen LogP contribution is 2.15. The van der Waals surface area contributed by atoms with Gasteiger partial charge in [-0.3, -0.25) is 19.9 Å². The van der Waals surface area contributed by atoms with Crippen molar-refractivity contribution in [2.24, 2.45) is 5.41 Å². The number of nitriles is 1. The van der Waals surface area contributed by atoms with Gasteiger partial charge in [0.15, 0.2) is 16.9 Å². The maximum atomic E-state index is 11.8. The number of hydrogen-bond acceptors (Lipinski definition) is 6. The van der Waals surface area contributed by atoms with Crippen LogP contribution in [-0.4, -0.2) is 25.8 Å². The average Bonchev–Trinajstić information content (AvgIpc) is 2.37. The summed E-state index contributed by atoms with van der Waals surface area (Å²) in [5, 5.41) is 11.2. The Labute approximate surface area is 113 Å². The van der Waals surface area contributed by atoms with Crippen LogP contribution in [0.25, 0.3) is 11.2 Å². The topological polar surface area (TPSA) is 124 Å². The summed E-state index contributed by atoms with van der Waals surface area (Å²) in [6, 6.07) is 1.79. The fraction of sp³-hybridized carbons (Fsp3) is 0.333. The number of carbonyl (C=O) groups excluding carboxylic acids is 1. The second-order valence-electron chi connectivity index (χ2n) is 5.16. The quantitative estimate of drug-likeness (QED) is 0.781. The second kappa shape index (κ2) is 4.70. The molecule has 0 saturated heterocycles. The van der Waals surface area contributed by atoms with Gasteiger partial charge in [0.25, 0.3) is 5.56 Å². The first-order valence-corrected chi connectivity index (χ1v) is 5.80. The number of carbonyl (C=O) groups is 1. The van der Waals surface area contributed by atoms with E-state index in [2.05, 4.69) is 25.3 Å². The molecule has 0 aliphatic carbocycles. The molecule has 0 fully saturated rings. The van der Waals surface area contributed by atoms with Crippen LogP contribution in [0.15, 0.2) is 11.0 Å². The van der Waals surface area contributed by atoms with Gasteiger partial charge in [-0.05, 0) is 0 Å². The van der Waals surface area contributed by atoms with Gasteiger partial charge < -0.3 is 0 Å². The number of H-pyrrole nitrogens is 1. The summed E-state index contributed by atoms with van der Waals surface area (Å²) in [4.78, 5) is 37.8. The zero-order chi connectivity index (χ0) is 14.9. The Hall–Kier alpha value is -2.82. The first-order valence-electron chi connectivity index (χ1n) is 5.80. The van der Waals surface area contributed by atoms with E-state index in [1.165, 1.54) is 6.20 Å². The second-order valence-corrected chi connectivity index (χ2v) is 5.16. The molecule has 20 heavy (non-hydrogen) atoms. The van der Waals surface area contributed by atoms with Crippen LogP contribution < -0.4 is 10.9 Å². The highest BCUT2D eigenvalue weighted by molar-refractivity contribution is 5.93. The van der Waals surface area contributed by atoms with Gasteiger partial charge in [0.1, 0.15) is 6.07 Å². The molecule has 0 radical (unpaired) electrons. The third-order valence-electron chi connectivity index (χ3n) is 2.45. The van der Waals surface area contributed by atoms with Gasteiger partial charge in [-0.25, -0.2) is 9.97 Å². The summed E-state index contributed by atoms with van der Waals surface area (Å²) >= 11 is 0. The van der Waals surface area contributed by atoms with E-state index in [1.807, 2.05) is 0 Å². The zero-order valence-corrected chi connectivity index (χ0v) is 11.2. The molecular weight excluding hydrogens is 260 g/mol. The van der Waals surface area contributed by atoms with E-state index in [0.717, 1.165) is 0 Å². The van der Waals surface area contributed by atoms with Gasteiger partial charge in [0.2, 0.25) is 11.9 Å². The lowest BCUT2D eigenvalue weighted by Gasteiger charge is -2.16. The van der Waals surface area contributed by atoms with Gasteiger partial charge in [0, 0.05) is 5.41 Å². The monoisotopic (exact) mass is 272 g/mol. The van der Waals surface area contributed by atoms with E-state index < -0.39 is 11.0 Å². The van der Waals surface area contributed by atoms with Crippen molar-refractivity contribution in [2.75, 3.05) is 5.32 Å². The Morgan fingerprint density at radius 3 is 2.70 bits per heavy atom. The molecule has 2 aromatic heterocycles. The first-order chi connectivity index (χ1) is 9.31. The van der Waals surface area contributed by atoms with E-state index in [0.29, 0.717) is 0 Å². The van der Waals surface area contributed by atoms with Crippen molar-refractivity contribution in [1.82, 2.24) is 19.9 Å². The average molecular weight is 272 g/mol. The predicted octanol–water partition coefficient (Wildman–Crippen LogP) is 0.569. The van der Waals surface area contributed by atoms with Crippen molar-refractivity contribution < 1.29 is 4.79 Å². The maximum absolute atomic E-state index is 11.8. The Morgan fingerprint density at radius 2 is 2.10 bits per heavy atom. The molecule has 2 rings (SSSR count). The third-order valence-corrected chi connectivity index (χ3v) is 2.45. The molecule has 0 saturated carbocycles. The standard InChI is InChI=1S/C12H12N6O2/c1-12(2,3)10(20)18-11-16-8-7(9(19)17-11)15-6(4-13)5-14-8/h5H,1-3H3,(H2,14,16,17,18,19,20). The van der Waals surface area contributed by atoms with Gasteiger partial charge in [0.05, 0.1) is 6.20 Å². The summed E-state index contributed by atoms with van der Waals surface area (Å²) in [6.07, 6.45) is 1.21. The van der Waals surface area contributed by atoms with Crippen molar-refractivity contribution in [2.45, 2.75) is 20.8 Å². The van der Waals surface area contributed by atoms with Gasteiger partial charge >= 0.3 is 0 Å². The van der Waals surface area contributed by atoms with Crippen LogP contribution in [0.1, 0.15) is 26.5 Å². The summed E-state index contributed by atoms with van der Waals surface area (Å²) in [7, 11) is 0. The lowest BCUT2D eigenvalue weighted by atomic mass is 9.96. The van der Waals surface area contributed by atoms with Crippen LogP contribution in [0.3, 0.4) is 0 Å². The molecule has 0 bridgehead atoms. The predicted molar refractivity (Wildman–Crippen MR) is 70.8 cm³/mol. The highest BCUT2D eigenvalue weighted by Gasteiger charge is 2.22. The zero-order valence-electron chi connectivity index (χ0n) is 11.2. The maximum Gasteiger partial charge on any atom is 0.280 e. The molecular formula is C12H12N6O2. The molecule has 8 nitrogen and oxygen atoms in total. The smallest absolute Gasteiger partial charge is 0.280 e. The minimum atomic E-state index is -0.621. The van der Waals surface area contributed by atoms with E-state index in [4.69, 9.17) is 5.26 Å². The van der Waals surface area contributed by atoms with Crippen molar-refractivity contribution in [3.8, 4) is 6.07 Å². The first kappa shape index (κ1) is 13.6. The molecule has 0 aliphatic heterocycles. The Kier molecular flexibility index (Phi) is 3.19. The van der Waals surface area contributed by atoms with Gasteiger partial charge in [-0.1, -0.05) is 20.8 Å². The summed E-state index contributed by atoms with van der Waals surface area (Å²) < 4.78 is 0. The number of rotatable bonds is 1. The Balaban J connectivity index is 2.47. The molecule has 102 valence electrons. The SMILES string of the molecule is CC(C)(C)C(=O)Nc1nc2ncc(C#N)nc2c(=O)[nH]1. The van der Waals surface area contributed by atoms with Crippen molar-refractivity contribution >= 4 is 23.0 Å². The Morgan fingerprint density at radius 1 is 1.40 bits per heavy atom. The summed E-state index contributed by atoms with van der Waals surface area (Å²) in [6.45, 7) is 5.21. The molecule has 0 aliphatic rings. The number of amides is 1. The third kappa shape index (κ3) is 2.61. The molecule has 0 atom stereocenters. The number of fused-ring (bicyclic) bond motifs is 1. The molecule has 2 heterocycles. The largest absolute Gasteiger partial charge is 0.296 e. The van der Waals surface area contributed by atoms with E-state index in [9.17, 15) is 9.59 Å². The summed E-state index contributed by atoms with van der Waals surface area (Å²) in [5.74, 6) is -0.289. The fourth-order valence-electron chi connectivity index (χ4n) is 1.33. The van der Waals surface area contributed by atoms with Crippen molar-refractivity contribution in [3.63, 3.8) is 0 Å². The van der Waals surface area contributed by atoms with Crippen LogP contribution in [0.2, 0.25) is 0 Å². The van der Waals surface area contributed by atoms with E-state index >= 15 is 0 Å². The Bertz CT molecular complexity index is 781. The molecule has 8 heteroatoms. The van der Waals surface area contributed by atoms with E-state index in [1.54, 1.807) is 26.8 Å².